The van der Waals surface area contributed by atoms with Gasteiger partial charge in [-0.05, 0) is 45.2 Å². The SMILES string of the molecule is CCNC(=NCC1CCN(C)C1)NCCCCCCC(C)C. The summed E-state index contributed by atoms with van der Waals surface area (Å²) in [7, 11) is 2.20. The molecule has 1 atom stereocenters. The number of unbranched alkanes of at least 4 members (excludes halogenated alkanes) is 3. The average molecular weight is 311 g/mol. The van der Waals surface area contributed by atoms with Crippen LogP contribution in [-0.2, 0) is 0 Å². The largest absolute Gasteiger partial charge is 0.357 e. The number of rotatable bonds is 10. The van der Waals surface area contributed by atoms with Crippen molar-refractivity contribution in [3.8, 4) is 0 Å². The van der Waals surface area contributed by atoms with Crippen LogP contribution in [0.5, 0.6) is 0 Å². The number of hydrogen-bond acceptors (Lipinski definition) is 2. The van der Waals surface area contributed by atoms with Gasteiger partial charge in [-0.15, -0.1) is 0 Å². The molecule has 1 aliphatic heterocycles. The van der Waals surface area contributed by atoms with Crippen molar-refractivity contribution < 1.29 is 0 Å². The fourth-order valence-electron chi connectivity index (χ4n) is 2.98. The Kier molecular flexibility index (Phi) is 10.3. The van der Waals surface area contributed by atoms with Gasteiger partial charge in [-0.25, -0.2) is 0 Å². The van der Waals surface area contributed by atoms with Gasteiger partial charge >= 0.3 is 0 Å². The van der Waals surface area contributed by atoms with E-state index in [0.717, 1.165) is 37.4 Å². The third-order valence-electron chi connectivity index (χ3n) is 4.34. The first-order chi connectivity index (χ1) is 10.6. The van der Waals surface area contributed by atoms with Crippen molar-refractivity contribution >= 4 is 5.96 Å². The molecule has 0 aromatic heterocycles. The lowest BCUT2D eigenvalue weighted by Gasteiger charge is -2.13. The Bertz CT molecular complexity index is 301. The van der Waals surface area contributed by atoms with Gasteiger partial charge in [0.05, 0.1) is 0 Å². The minimum absolute atomic E-state index is 0.733. The second kappa shape index (κ2) is 11.8. The van der Waals surface area contributed by atoms with E-state index in [1.54, 1.807) is 0 Å². The zero-order valence-electron chi connectivity index (χ0n) is 15.3. The molecular weight excluding hydrogens is 272 g/mol. The lowest BCUT2D eigenvalue weighted by Crippen LogP contribution is -2.38. The molecule has 1 saturated heterocycles. The zero-order valence-corrected chi connectivity index (χ0v) is 15.3. The highest BCUT2D eigenvalue weighted by atomic mass is 15.2. The Morgan fingerprint density at radius 1 is 1.18 bits per heavy atom. The number of nitrogens with zero attached hydrogens (tertiary/aromatic N) is 2. The van der Waals surface area contributed by atoms with E-state index in [0.29, 0.717) is 0 Å². The second-order valence-corrected chi connectivity index (χ2v) is 7.16. The van der Waals surface area contributed by atoms with Crippen molar-refractivity contribution in [2.75, 3.05) is 39.8 Å². The molecule has 0 saturated carbocycles. The van der Waals surface area contributed by atoms with Crippen LogP contribution >= 0.6 is 0 Å². The van der Waals surface area contributed by atoms with Crippen LogP contribution in [0.2, 0.25) is 0 Å². The third-order valence-corrected chi connectivity index (χ3v) is 4.34. The van der Waals surface area contributed by atoms with Crippen molar-refractivity contribution in [2.45, 2.75) is 59.3 Å². The quantitative estimate of drug-likeness (QED) is 0.370. The Labute approximate surface area is 138 Å². The summed E-state index contributed by atoms with van der Waals surface area (Å²) in [5, 5.41) is 6.84. The molecule has 0 aromatic carbocycles. The highest BCUT2D eigenvalue weighted by Crippen LogP contribution is 2.14. The predicted molar refractivity (Wildman–Crippen MR) is 97.5 cm³/mol. The number of aliphatic imine (C=N–C) groups is 1. The first-order valence-electron chi connectivity index (χ1n) is 9.32. The van der Waals surface area contributed by atoms with Crippen LogP contribution in [0.4, 0.5) is 0 Å². The van der Waals surface area contributed by atoms with Crippen LogP contribution in [0.25, 0.3) is 0 Å². The molecule has 2 N–H and O–H groups in total. The molecule has 0 radical (unpaired) electrons. The van der Waals surface area contributed by atoms with Crippen LogP contribution in [0.15, 0.2) is 4.99 Å². The second-order valence-electron chi connectivity index (χ2n) is 7.16. The van der Waals surface area contributed by atoms with E-state index in [1.165, 1.54) is 51.6 Å². The first kappa shape index (κ1) is 19.3. The number of nitrogens with one attached hydrogen (secondary N) is 2. The number of likely N-dealkylation sites (tertiary alicyclic amines) is 1. The standard InChI is InChI=1S/C18H38N4/c1-5-19-18(21-14-17-11-13-22(4)15-17)20-12-9-7-6-8-10-16(2)3/h16-17H,5-15H2,1-4H3,(H2,19,20,21). The molecule has 0 bridgehead atoms. The van der Waals surface area contributed by atoms with E-state index >= 15 is 0 Å². The Morgan fingerprint density at radius 3 is 2.59 bits per heavy atom. The molecule has 0 spiro atoms. The summed E-state index contributed by atoms with van der Waals surface area (Å²) in [6.07, 6.45) is 7.97. The van der Waals surface area contributed by atoms with Gasteiger partial charge in [-0.3, -0.25) is 4.99 Å². The van der Waals surface area contributed by atoms with Gasteiger partial charge < -0.3 is 15.5 Å². The van der Waals surface area contributed by atoms with Crippen LogP contribution < -0.4 is 10.6 Å². The van der Waals surface area contributed by atoms with Crippen LogP contribution in [-0.4, -0.2) is 50.6 Å². The summed E-state index contributed by atoms with van der Waals surface area (Å²) in [5.41, 5.74) is 0. The minimum Gasteiger partial charge on any atom is -0.357 e. The zero-order chi connectivity index (χ0) is 16.2. The number of guanidine groups is 1. The molecule has 22 heavy (non-hydrogen) atoms. The highest BCUT2D eigenvalue weighted by molar-refractivity contribution is 5.79. The van der Waals surface area contributed by atoms with Crippen molar-refractivity contribution in [1.29, 1.82) is 0 Å². The fourth-order valence-corrected chi connectivity index (χ4v) is 2.98. The molecule has 130 valence electrons. The average Bonchev–Trinajstić information content (AvgIpc) is 2.89. The molecule has 0 amide bonds. The molecule has 0 aromatic rings. The summed E-state index contributed by atoms with van der Waals surface area (Å²) >= 11 is 0. The van der Waals surface area contributed by atoms with Gasteiger partial charge in [-0.1, -0.05) is 39.5 Å². The highest BCUT2D eigenvalue weighted by Gasteiger charge is 2.18. The first-order valence-corrected chi connectivity index (χ1v) is 9.32. The molecule has 1 aliphatic rings. The Balaban J connectivity index is 2.12. The molecule has 0 aliphatic carbocycles. The topological polar surface area (TPSA) is 39.7 Å². The van der Waals surface area contributed by atoms with Crippen molar-refractivity contribution in [1.82, 2.24) is 15.5 Å². The molecular formula is C18H38N4. The van der Waals surface area contributed by atoms with Gasteiger partial charge in [0.1, 0.15) is 0 Å². The summed E-state index contributed by atoms with van der Waals surface area (Å²) in [4.78, 5) is 7.16. The Morgan fingerprint density at radius 2 is 1.95 bits per heavy atom. The lowest BCUT2D eigenvalue weighted by atomic mass is 10.0. The molecule has 1 unspecified atom stereocenters. The fraction of sp³-hybridized carbons (Fsp3) is 0.944. The normalized spacial score (nSPS) is 19.9. The van der Waals surface area contributed by atoms with Gasteiger partial charge in [0.25, 0.3) is 0 Å². The van der Waals surface area contributed by atoms with E-state index in [2.05, 4.69) is 43.4 Å². The number of hydrogen-bond donors (Lipinski definition) is 2. The molecule has 4 nitrogen and oxygen atoms in total. The predicted octanol–water partition coefficient (Wildman–Crippen LogP) is 3.10. The van der Waals surface area contributed by atoms with Crippen molar-refractivity contribution in [3.63, 3.8) is 0 Å². The molecule has 1 fully saturated rings. The van der Waals surface area contributed by atoms with Crippen LogP contribution in [0.3, 0.4) is 0 Å². The van der Waals surface area contributed by atoms with Crippen molar-refractivity contribution in [2.24, 2.45) is 16.8 Å². The maximum absolute atomic E-state index is 4.75. The van der Waals surface area contributed by atoms with E-state index in [4.69, 9.17) is 4.99 Å². The smallest absolute Gasteiger partial charge is 0.191 e. The monoisotopic (exact) mass is 310 g/mol. The third kappa shape index (κ3) is 9.29. The summed E-state index contributed by atoms with van der Waals surface area (Å²) in [5.74, 6) is 2.58. The van der Waals surface area contributed by atoms with Crippen molar-refractivity contribution in [3.05, 3.63) is 0 Å². The van der Waals surface area contributed by atoms with Gasteiger partial charge in [-0.2, -0.15) is 0 Å². The lowest BCUT2D eigenvalue weighted by molar-refractivity contribution is 0.397. The van der Waals surface area contributed by atoms with Gasteiger partial charge in [0.2, 0.25) is 0 Å². The van der Waals surface area contributed by atoms with Gasteiger partial charge in [0, 0.05) is 26.2 Å². The van der Waals surface area contributed by atoms with Crippen LogP contribution in [0, 0.1) is 11.8 Å². The molecule has 1 heterocycles. The van der Waals surface area contributed by atoms with Crippen LogP contribution in [0.1, 0.15) is 59.3 Å². The summed E-state index contributed by atoms with van der Waals surface area (Å²) in [6, 6.07) is 0. The van der Waals surface area contributed by atoms with Gasteiger partial charge in [0.15, 0.2) is 5.96 Å². The molecule has 1 rings (SSSR count). The minimum atomic E-state index is 0.733. The summed E-state index contributed by atoms with van der Waals surface area (Å²) < 4.78 is 0. The summed E-state index contributed by atoms with van der Waals surface area (Å²) in [6.45, 7) is 12.1. The molecule has 4 heteroatoms. The Hall–Kier alpha value is -0.770. The van der Waals surface area contributed by atoms with E-state index in [9.17, 15) is 0 Å². The van der Waals surface area contributed by atoms with E-state index in [-0.39, 0.29) is 0 Å². The van der Waals surface area contributed by atoms with E-state index in [1.807, 2.05) is 0 Å². The maximum atomic E-state index is 4.75. The van der Waals surface area contributed by atoms with E-state index < -0.39 is 0 Å². The maximum Gasteiger partial charge on any atom is 0.191 e.